The van der Waals surface area contributed by atoms with Crippen molar-refractivity contribution in [2.24, 2.45) is 16.9 Å². The van der Waals surface area contributed by atoms with Gasteiger partial charge in [-0.05, 0) is 25.0 Å². The van der Waals surface area contributed by atoms with E-state index in [9.17, 15) is 9.59 Å². The molecular weight excluding hydrogens is 254 g/mol. The van der Waals surface area contributed by atoms with Gasteiger partial charge in [-0.2, -0.15) is 0 Å². The number of hydrogen-bond acceptors (Lipinski definition) is 3. The highest BCUT2D eigenvalue weighted by molar-refractivity contribution is 6.04. The zero-order valence-electron chi connectivity index (χ0n) is 11.5. The number of carbonyl (C=O) groups is 2. The Kier molecular flexibility index (Phi) is 4.39. The Labute approximate surface area is 118 Å². The van der Waals surface area contributed by atoms with Gasteiger partial charge in [-0.1, -0.05) is 31.4 Å². The number of carbonyl (C=O) groups excluding carboxylic acids is 2. The molecule has 20 heavy (non-hydrogen) atoms. The van der Waals surface area contributed by atoms with Gasteiger partial charge in [-0.15, -0.1) is 0 Å². The van der Waals surface area contributed by atoms with Gasteiger partial charge in [0, 0.05) is 6.54 Å². The van der Waals surface area contributed by atoms with E-state index in [2.05, 4.69) is 5.32 Å². The number of anilines is 1. The largest absolute Gasteiger partial charge is 0.366 e. The SMILES string of the molecule is NCC1(C(=O)Nc2ccccc2C(N)=O)CCCCC1. The van der Waals surface area contributed by atoms with Crippen molar-refractivity contribution in [2.45, 2.75) is 32.1 Å². The maximum atomic E-state index is 12.6. The molecule has 0 heterocycles. The summed E-state index contributed by atoms with van der Waals surface area (Å²) in [6.45, 7) is 0.331. The average molecular weight is 275 g/mol. The predicted octanol–water partition coefficient (Wildman–Crippen LogP) is 1.63. The molecule has 1 fully saturated rings. The van der Waals surface area contributed by atoms with Crippen molar-refractivity contribution >= 4 is 17.5 Å². The van der Waals surface area contributed by atoms with Crippen molar-refractivity contribution in [1.29, 1.82) is 0 Å². The lowest BCUT2D eigenvalue weighted by molar-refractivity contribution is -0.126. The molecule has 1 aliphatic carbocycles. The molecule has 1 aliphatic rings. The quantitative estimate of drug-likeness (QED) is 0.779. The minimum absolute atomic E-state index is 0.103. The fraction of sp³-hybridized carbons (Fsp3) is 0.467. The molecule has 0 aliphatic heterocycles. The van der Waals surface area contributed by atoms with Gasteiger partial charge in [0.05, 0.1) is 16.7 Å². The van der Waals surface area contributed by atoms with Crippen LogP contribution in [0.2, 0.25) is 0 Å². The minimum atomic E-state index is -0.550. The van der Waals surface area contributed by atoms with Crippen LogP contribution in [0.4, 0.5) is 5.69 Å². The lowest BCUT2D eigenvalue weighted by atomic mass is 9.73. The second-order valence-electron chi connectivity index (χ2n) is 5.41. The second-order valence-corrected chi connectivity index (χ2v) is 5.41. The van der Waals surface area contributed by atoms with Crippen molar-refractivity contribution < 1.29 is 9.59 Å². The molecule has 2 rings (SSSR count). The van der Waals surface area contributed by atoms with Crippen LogP contribution in [0.15, 0.2) is 24.3 Å². The fourth-order valence-corrected chi connectivity index (χ4v) is 2.81. The zero-order valence-corrected chi connectivity index (χ0v) is 11.5. The molecule has 0 unspecified atom stereocenters. The molecule has 0 atom stereocenters. The van der Waals surface area contributed by atoms with Crippen molar-refractivity contribution in [3.05, 3.63) is 29.8 Å². The number of benzene rings is 1. The molecule has 5 N–H and O–H groups in total. The number of hydrogen-bond donors (Lipinski definition) is 3. The van der Waals surface area contributed by atoms with E-state index in [1.165, 1.54) is 0 Å². The topological polar surface area (TPSA) is 98.2 Å². The first-order valence-corrected chi connectivity index (χ1v) is 6.99. The average Bonchev–Trinajstić information content (AvgIpc) is 2.48. The van der Waals surface area contributed by atoms with Crippen molar-refractivity contribution in [1.82, 2.24) is 0 Å². The van der Waals surface area contributed by atoms with Gasteiger partial charge in [0.1, 0.15) is 0 Å². The van der Waals surface area contributed by atoms with E-state index in [1.807, 2.05) is 0 Å². The molecular formula is C15H21N3O2. The third-order valence-corrected chi connectivity index (χ3v) is 4.12. The Balaban J connectivity index is 2.20. The standard InChI is InChI=1S/C15H21N3O2/c16-10-15(8-4-1-5-9-15)14(20)18-12-7-3-2-6-11(12)13(17)19/h2-3,6-7H,1,4-5,8-10,16H2,(H2,17,19)(H,18,20). The first-order chi connectivity index (χ1) is 9.59. The van der Waals surface area contributed by atoms with Crippen molar-refractivity contribution in [3.8, 4) is 0 Å². The minimum Gasteiger partial charge on any atom is -0.366 e. The van der Waals surface area contributed by atoms with Gasteiger partial charge < -0.3 is 16.8 Å². The van der Waals surface area contributed by atoms with Gasteiger partial charge in [0.2, 0.25) is 5.91 Å². The van der Waals surface area contributed by atoms with Crippen LogP contribution in [-0.2, 0) is 4.79 Å². The lowest BCUT2D eigenvalue weighted by Crippen LogP contribution is -2.44. The van der Waals surface area contributed by atoms with E-state index in [-0.39, 0.29) is 5.91 Å². The molecule has 0 bridgehead atoms. The summed E-state index contributed by atoms with van der Waals surface area (Å²) in [5.41, 5.74) is 11.4. The van der Waals surface area contributed by atoms with E-state index >= 15 is 0 Å². The third-order valence-electron chi connectivity index (χ3n) is 4.12. The normalized spacial score (nSPS) is 17.4. The van der Waals surface area contributed by atoms with Crippen molar-refractivity contribution in [2.75, 3.05) is 11.9 Å². The van der Waals surface area contributed by atoms with Crippen LogP contribution in [0.3, 0.4) is 0 Å². The molecule has 0 radical (unpaired) electrons. The van der Waals surface area contributed by atoms with Crippen LogP contribution in [0.1, 0.15) is 42.5 Å². The molecule has 108 valence electrons. The Hall–Kier alpha value is -1.88. The van der Waals surface area contributed by atoms with Gasteiger partial charge >= 0.3 is 0 Å². The van der Waals surface area contributed by atoms with Crippen LogP contribution in [-0.4, -0.2) is 18.4 Å². The van der Waals surface area contributed by atoms with E-state index in [1.54, 1.807) is 24.3 Å². The van der Waals surface area contributed by atoms with E-state index < -0.39 is 11.3 Å². The van der Waals surface area contributed by atoms with Gasteiger partial charge in [0.25, 0.3) is 5.91 Å². The van der Waals surface area contributed by atoms with Crippen LogP contribution < -0.4 is 16.8 Å². The van der Waals surface area contributed by atoms with Gasteiger partial charge in [-0.25, -0.2) is 0 Å². The number of nitrogens with two attached hydrogens (primary N) is 2. The number of amides is 2. The van der Waals surface area contributed by atoms with Gasteiger partial charge in [0.15, 0.2) is 0 Å². The smallest absolute Gasteiger partial charge is 0.250 e. The van der Waals surface area contributed by atoms with Crippen LogP contribution in [0, 0.1) is 5.41 Å². The highest BCUT2D eigenvalue weighted by Gasteiger charge is 2.38. The highest BCUT2D eigenvalue weighted by Crippen LogP contribution is 2.36. The Bertz CT molecular complexity index is 508. The summed E-state index contributed by atoms with van der Waals surface area (Å²) in [4.78, 5) is 23.9. The van der Waals surface area contributed by atoms with E-state index in [0.717, 1.165) is 32.1 Å². The summed E-state index contributed by atoms with van der Waals surface area (Å²) < 4.78 is 0. The monoisotopic (exact) mass is 275 g/mol. The van der Waals surface area contributed by atoms with Gasteiger partial charge in [-0.3, -0.25) is 9.59 Å². The molecule has 0 saturated heterocycles. The van der Waals surface area contributed by atoms with Crippen LogP contribution in [0.5, 0.6) is 0 Å². The fourth-order valence-electron chi connectivity index (χ4n) is 2.81. The maximum absolute atomic E-state index is 12.6. The molecule has 1 aromatic rings. The number of rotatable bonds is 4. The summed E-state index contributed by atoms with van der Waals surface area (Å²) in [5, 5.41) is 2.83. The molecule has 1 saturated carbocycles. The summed E-state index contributed by atoms with van der Waals surface area (Å²) in [7, 11) is 0. The molecule has 5 heteroatoms. The molecule has 5 nitrogen and oxygen atoms in total. The summed E-state index contributed by atoms with van der Waals surface area (Å²) in [6, 6.07) is 6.77. The number of para-hydroxylation sites is 1. The first kappa shape index (κ1) is 14.5. The summed E-state index contributed by atoms with van der Waals surface area (Å²) in [5.74, 6) is -0.653. The predicted molar refractivity (Wildman–Crippen MR) is 78.2 cm³/mol. The Morgan fingerprint density at radius 1 is 1.15 bits per heavy atom. The van der Waals surface area contributed by atoms with Crippen LogP contribution in [0.25, 0.3) is 0 Å². The molecule has 0 spiro atoms. The molecule has 1 aromatic carbocycles. The molecule has 0 aromatic heterocycles. The van der Waals surface area contributed by atoms with E-state index in [0.29, 0.717) is 17.8 Å². The third kappa shape index (κ3) is 2.82. The zero-order chi connectivity index (χ0) is 14.6. The lowest BCUT2D eigenvalue weighted by Gasteiger charge is -2.34. The first-order valence-electron chi connectivity index (χ1n) is 6.99. The summed E-state index contributed by atoms with van der Waals surface area (Å²) in [6.07, 6.45) is 4.78. The molecule has 2 amide bonds. The maximum Gasteiger partial charge on any atom is 0.250 e. The second kappa shape index (κ2) is 6.05. The highest BCUT2D eigenvalue weighted by atomic mass is 16.2. The summed E-state index contributed by atoms with van der Waals surface area (Å²) >= 11 is 0. The Morgan fingerprint density at radius 2 is 1.80 bits per heavy atom. The number of primary amides is 1. The van der Waals surface area contributed by atoms with E-state index in [4.69, 9.17) is 11.5 Å². The van der Waals surface area contributed by atoms with Crippen molar-refractivity contribution in [3.63, 3.8) is 0 Å². The Morgan fingerprint density at radius 3 is 2.40 bits per heavy atom. The van der Waals surface area contributed by atoms with Crippen LogP contribution >= 0.6 is 0 Å². The number of nitrogens with one attached hydrogen (secondary N) is 1.